The minimum Gasteiger partial charge on any atom is -0.496 e. The van der Waals surface area contributed by atoms with Gasteiger partial charge >= 0.3 is 0 Å². The number of amides is 2. The Hall–Kier alpha value is -1.27. The lowest BCUT2D eigenvalue weighted by molar-refractivity contribution is -0.122. The Morgan fingerprint density at radius 1 is 1.32 bits per heavy atom. The lowest BCUT2D eigenvalue weighted by atomic mass is 10.2. The Kier molecular flexibility index (Phi) is 6.08. The largest absolute Gasteiger partial charge is 0.496 e. The van der Waals surface area contributed by atoms with E-state index in [9.17, 15) is 9.59 Å². The van der Waals surface area contributed by atoms with Crippen molar-refractivity contribution in [2.24, 2.45) is 0 Å². The average Bonchev–Trinajstić information content (AvgIpc) is 2.75. The number of ether oxygens (including phenoxy) is 1. The maximum atomic E-state index is 12.4. The molecule has 1 saturated heterocycles. The number of carbonyl (C=O) groups is 2. The van der Waals surface area contributed by atoms with Crippen LogP contribution < -0.4 is 4.74 Å². The van der Waals surface area contributed by atoms with Crippen molar-refractivity contribution in [2.75, 3.05) is 13.7 Å². The van der Waals surface area contributed by atoms with Gasteiger partial charge in [-0.15, -0.1) is 0 Å². The summed E-state index contributed by atoms with van der Waals surface area (Å²) in [5, 5.41) is -0.193. The molecule has 1 aromatic carbocycles. The standard InChI is InChI=1S/C16H18BrNO3S/c1-3-4-5-8-18-15(19)14(22-16(18)20)10-11-9-12(17)6-7-13(11)21-2/h6-7,9-10H,3-5,8H2,1-2H3/b14-10-. The van der Waals surface area contributed by atoms with Gasteiger partial charge in [-0.1, -0.05) is 35.7 Å². The number of nitrogens with zero attached hydrogens (tertiary/aromatic N) is 1. The third kappa shape index (κ3) is 3.93. The van der Waals surface area contributed by atoms with Crippen LogP contribution in [0.15, 0.2) is 27.6 Å². The maximum absolute atomic E-state index is 12.4. The Labute approximate surface area is 143 Å². The summed E-state index contributed by atoms with van der Waals surface area (Å²) < 4.78 is 6.18. The van der Waals surface area contributed by atoms with Crippen LogP contribution in [-0.2, 0) is 4.79 Å². The highest BCUT2D eigenvalue weighted by atomic mass is 79.9. The third-order valence-electron chi connectivity index (χ3n) is 3.34. The van der Waals surface area contributed by atoms with Gasteiger partial charge in [0.05, 0.1) is 12.0 Å². The van der Waals surface area contributed by atoms with Crippen molar-refractivity contribution in [3.63, 3.8) is 0 Å². The van der Waals surface area contributed by atoms with Crippen LogP contribution in [0.4, 0.5) is 4.79 Å². The molecule has 0 radical (unpaired) electrons. The summed E-state index contributed by atoms with van der Waals surface area (Å²) in [4.78, 5) is 26.1. The van der Waals surface area contributed by atoms with Gasteiger partial charge in [-0.25, -0.2) is 0 Å². The molecule has 0 aliphatic carbocycles. The highest BCUT2D eigenvalue weighted by Crippen LogP contribution is 2.34. The number of imide groups is 1. The van der Waals surface area contributed by atoms with E-state index >= 15 is 0 Å². The minimum absolute atomic E-state index is 0.193. The molecule has 0 aromatic heterocycles. The van der Waals surface area contributed by atoms with E-state index in [1.54, 1.807) is 13.2 Å². The topological polar surface area (TPSA) is 46.6 Å². The number of benzene rings is 1. The molecule has 0 saturated carbocycles. The van der Waals surface area contributed by atoms with Gasteiger partial charge in [0.1, 0.15) is 5.75 Å². The molecule has 2 rings (SSSR count). The van der Waals surface area contributed by atoms with Crippen LogP contribution in [0.3, 0.4) is 0 Å². The highest BCUT2D eigenvalue weighted by Gasteiger charge is 2.34. The van der Waals surface area contributed by atoms with Crippen LogP contribution in [0.2, 0.25) is 0 Å². The zero-order valence-corrected chi connectivity index (χ0v) is 15.0. The first-order valence-corrected chi connectivity index (χ1v) is 8.76. The average molecular weight is 384 g/mol. The van der Waals surface area contributed by atoms with Crippen LogP contribution in [0.1, 0.15) is 31.7 Å². The zero-order chi connectivity index (χ0) is 16.1. The van der Waals surface area contributed by atoms with Crippen molar-refractivity contribution in [1.29, 1.82) is 0 Å². The summed E-state index contributed by atoms with van der Waals surface area (Å²) >= 11 is 4.39. The Balaban J connectivity index is 2.21. The smallest absolute Gasteiger partial charge is 0.293 e. The lowest BCUT2D eigenvalue weighted by Crippen LogP contribution is -2.29. The molecule has 0 bridgehead atoms. The predicted molar refractivity (Wildman–Crippen MR) is 92.9 cm³/mol. The van der Waals surface area contributed by atoms with Crippen LogP contribution in [-0.4, -0.2) is 29.7 Å². The van der Waals surface area contributed by atoms with Crippen molar-refractivity contribution in [3.8, 4) is 5.75 Å². The summed E-state index contributed by atoms with van der Waals surface area (Å²) in [7, 11) is 1.58. The molecule has 0 spiro atoms. The number of hydrogen-bond donors (Lipinski definition) is 0. The van der Waals surface area contributed by atoms with E-state index in [0.717, 1.165) is 41.1 Å². The van der Waals surface area contributed by atoms with Gasteiger partial charge in [0, 0.05) is 16.6 Å². The van der Waals surface area contributed by atoms with Gasteiger partial charge in [-0.05, 0) is 42.5 Å². The molecule has 6 heteroatoms. The first kappa shape index (κ1) is 17.1. The number of hydrogen-bond acceptors (Lipinski definition) is 4. The van der Waals surface area contributed by atoms with E-state index in [1.807, 2.05) is 18.2 Å². The lowest BCUT2D eigenvalue weighted by Gasteiger charge is -2.11. The molecule has 1 fully saturated rings. The second-order valence-corrected chi connectivity index (χ2v) is 6.84. The molecule has 1 aromatic rings. The molecule has 2 amide bonds. The quantitative estimate of drug-likeness (QED) is 0.528. The van der Waals surface area contributed by atoms with Crippen molar-refractivity contribution < 1.29 is 14.3 Å². The second kappa shape index (κ2) is 7.83. The van der Waals surface area contributed by atoms with Crippen LogP contribution in [0.5, 0.6) is 5.75 Å². The number of carbonyl (C=O) groups excluding carboxylic acids is 2. The van der Waals surface area contributed by atoms with Crippen molar-refractivity contribution in [2.45, 2.75) is 26.2 Å². The maximum Gasteiger partial charge on any atom is 0.293 e. The van der Waals surface area contributed by atoms with E-state index in [4.69, 9.17) is 4.74 Å². The Morgan fingerprint density at radius 2 is 2.09 bits per heavy atom. The number of unbranched alkanes of at least 4 members (excludes halogenated alkanes) is 2. The molecule has 22 heavy (non-hydrogen) atoms. The summed E-state index contributed by atoms with van der Waals surface area (Å²) in [6.07, 6.45) is 4.64. The summed E-state index contributed by atoms with van der Waals surface area (Å²) in [5.41, 5.74) is 0.774. The molecule has 1 aliphatic heterocycles. The zero-order valence-electron chi connectivity index (χ0n) is 12.6. The van der Waals surface area contributed by atoms with E-state index in [1.165, 1.54) is 4.90 Å². The molecule has 118 valence electrons. The monoisotopic (exact) mass is 383 g/mol. The molecular weight excluding hydrogens is 366 g/mol. The summed E-state index contributed by atoms with van der Waals surface area (Å²) in [6.45, 7) is 2.58. The van der Waals surface area contributed by atoms with Crippen LogP contribution in [0, 0.1) is 0 Å². The van der Waals surface area contributed by atoms with Gasteiger partial charge < -0.3 is 4.74 Å². The fourth-order valence-electron chi connectivity index (χ4n) is 2.17. The SMILES string of the molecule is CCCCCN1C(=O)S/C(=C\c2cc(Br)ccc2OC)C1=O. The normalized spacial score (nSPS) is 16.7. The summed E-state index contributed by atoms with van der Waals surface area (Å²) in [5.74, 6) is 0.453. The number of halogens is 1. The predicted octanol–water partition coefficient (Wildman–Crippen LogP) is 4.68. The van der Waals surface area contributed by atoms with E-state index in [2.05, 4.69) is 22.9 Å². The first-order chi connectivity index (χ1) is 10.6. The van der Waals surface area contributed by atoms with Crippen LogP contribution in [0.25, 0.3) is 6.08 Å². The summed E-state index contributed by atoms with van der Waals surface area (Å²) in [6, 6.07) is 5.55. The van der Waals surface area contributed by atoms with Gasteiger partial charge in [-0.2, -0.15) is 0 Å². The van der Waals surface area contributed by atoms with Crippen molar-refractivity contribution in [3.05, 3.63) is 33.1 Å². The Bertz CT molecular complexity index is 615. The third-order valence-corrected chi connectivity index (χ3v) is 4.74. The van der Waals surface area contributed by atoms with Crippen molar-refractivity contribution >= 4 is 44.9 Å². The fourth-order valence-corrected chi connectivity index (χ4v) is 3.41. The molecule has 1 heterocycles. The van der Waals surface area contributed by atoms with Crippen molar-refractivity contribution in [1.82, 2.24) is 4.90 Å². The van der Waals surface area contributed by atoms with Gasteiger partial charge in [-0.3, -0.25) is 14.5 Å². The van der Waals surface area contributed by atoms with Gasteiger partial charge in [0.25, 0.3) is 11.1 Å². The second-order valence-electron chi connectivity index (χ2n) is 4.93. The molecular formula is C16H18BrNO3S. The van der Waals surface area contributed by atoms with Gasteiger partial charge in [0.15, 0.2) is 0 Å². The number of rotatable bonds is 6. The highest BCUT2D eigenvalue weighted by molar-refractivity contribution is 9.10. The molecule has 1 aliphatic rings. The van der Waals surface area contributed by atoms with Gasteiger partial charge in [0.2, 0.25) is 0 Å². The Morgan fingerprint density at radius 3 is 2.77 bits per heavy atom. The molecule has 0 unspecified atom stereocenters. The van der Waals surface area contributed by atoms with E-state index in [0.29, 0.717) is 17.2 Å². The van der Waals surface area contributed by atoms with E-state index < -0.39 is 0 Å². The molecule has 0 atom stereocenters. The van der Waals surface area contributed by atoms with E-state index in [-0.39, 0.29) is 11.1 Å². The first-order valence-electron chi connectivity index (χ1n) is 7.15. The minimum atomic E-state index is -0.215. The molecule has 4 nitrogen and oxygen atoms in total. The number of thioether (sulfide) groups is 1. The fraction of sp³-hybridized carbons (Fsp3) is 0.375. The number of methoxy groups -OCH3 is 1. The molecule has 0 N–H and O–H groups in total. The van der Waals surface area contributed by atoms with Crippen LogP contribution >= 0.6 is 27.7 Å².